The van der Waals surface area contributed by atoms with Crippen LogP contribution in [0.25, 0.3) is 11.1 Å². The molecule has 1 heterocycles. The second kappa shape index (κ2) is 8.81. The van der Waals surface area contributed by atoms with E-state index in [0.717, 1.165) is 31.2 Å². The van der Waals surface area contributed by atoms with Crippen molar-refractivity contribution in [2.24, 2.45) is 11.8 Å². The molecule has 2 amide bonds. The van der Waals surface area contributed by atoms with E-state index >= 15 is 0 Å². The third-order valence-corrected chi connectivity index (χ3v) is 6.37. The number of aryl methyl sites for hydroxylation is 1. The highest BCUT2D eigenvalue weighted by Crippen LogP contribution is 2.28. The van der Waals surface area contributed by atoms with E-state index in [1.165, 1.54) is 16.7 Å². The fraction of sp³-hybridized carbons (Fsp3) is 0.440. The molecule has 2 aromatic rings. The standard InChI is InChI=1S/C25H30N2O2/c1-18-7-2-5-12-23(18)21-11-6-8-19(15-21)16-22-17-27(14-13-26-24(22)28)25(29)20-9-3-4-10-20/h2,5-8,11-12,15,20,22H,3-4,9-10,13-14,16-17H2,1H3,(H,26,28)/t22-/m1/s1. The largest absolute Gasteiger partial charge is 0.354 e. The molecule has 0 radical (unpaired) electrons. The molecule has 0 unspecified atom stereocenters. The number of carbonyl (C=O) groups excluding carboxylic acids is 2. The monoisotopic (exact) mass is 390 g/mol. The lowest BCUT2D eigenvalue weighted by molar-refractivity contribution is -0.136. The van der Waals surface area contributed by atoms with Crippen LogP contribution in [0.1, 0.15) is 36.8 Å². The van der Waals surface area contributed by atoms with Gasteiger partial charge in [-0.05, 0) is 48.4 Å². The van der Waals surface area contributed by atoms with Gasteiger partial charge in [0, 0.05) is 25.6 Å². The van der Waals surface area contributed by atoms with Crippen LogP contribution >= 0.6 is 0 Å². The number of nitrogens with zero attached hydrogens (tertiary/aromatic N) is 1. The zero-order valence-corrected chi connectivity index (χ0v) is 17.2. The van der Waals surface area contributed by atoms with Crippen LogP contribution in [0.5, 0.6) is 0 Å². The van der Waals surface area contributed by atoms with E-state index < -0.39 is 0 Å². The second-order valence-electron chi connectivity index (χ2n) is 8.47. The number of nitrogens with one attached hydrogen (secondary N) is 1. The molecule has 2 aromatic carbocycles. The maximum Gasteiger partial charge on any atom is 0.225 e. The maximum absolute atomic E-state index is 12.9. The van der Waals surface area contributed by atoms with Gasteiger partial charge in [-0.3, -0.25) is 9.59 Å². The lowest BCUT2D eigenvalue weighted by atomic mass is 9.93. The highest BCUT2D eigenvalue weighted by molar-refractivity contribution is 5.83. The van der Waals surface area contributed by atoms with Crippen LogP contribution in [0.4, 0.5) is 0 Å². The number of benzene rings is 2. The van der Waals surface area contributed by atoms with E-state index in [2.05, 4.69) is 60.8 Å². The van der Waals surface area contributed by atoms with Crippen molar-refractivity contribution in [2.75, 3.05) is 19.6 Å². The van der Waals surface area contributed by atoms with Gasteiger partial charge in [0.25, 0.3) is 0 Å². The molecule has 2 fully saturated rings. The third-order valence-electron chi connectivity index (χ3n) is 6.37. The summed E-state index contributed by atoms with van der Waals surface area (Å²) in [5.74, 6) is 0.272. The molecule has 4 heteroatoms. The Morgan fingerprint density at radius 1 is 1.10 bits per heavy atom. The molecule has 2 aliphatic rings. The number of carbonyl (C=O) groups is 2. The molecule has 1 saturated heterocycles. The highest BCUT2D eigenvalue weighted by Gasteiger charge is 2.32. The summed E-state index contributed by atoms with van der Waals surface area (Å²) in [6, 6.07) is 16.8. The molecule has 1 aliphatic carbocycles. The Morgan fingerprint density at radius 3 is 2.69 bits per heavy atom. The predicted molar refractivity (Wildman–Crippen MR) is 115 cm³/mol. The van der Waals surface area contributed by atoms with Crippen molar-refractivity contribution < 1.29 is 9.59 Å². The molecule has 1 saturated carbocycles. The summed E-state index contributed by atoms with van der Waals surface area (Å²) in [6.07, 6.45) is 4.95. The first-order chi connectivity index (χ1) is 14.1. The summed E-state index contributed by atoms with van der Waals surface area (Å²) in [5, 5.41) is 3.01. The smallest absolute Gasteiger partial charge is 0.225 e. The van der Waals surface area contributed by atoms with Crippen molar-refractivity contribution in [3.8, 4) is 11.1 Å². The quantitative estimate of drug-likeness (QED) is 0.859. The van der Waals surface area contributed by atoms with Crippen LogP contribution in [0.3, 0.4) is 0 Å². The van der Waals surface area contributed by atoms with Crippen molar-refractivity contribution in [3.63, 3.8) is 0 Å². The topological polar surface area (TPSA) is 49.4 Å². The van der Waals surface area contributed by atoms with Gasteiger partial charge < -0.3 is 10.2 Å². The van der Waals surface area contributed by atoms with Crippen LogP contribution in [0.2, 0.25) is 0 Å². The van der Waals surface area contributed by atoms with Crippen LogP contribution < -0.4 is 5.32 Å². The Morgan fingerprint density at radius 2 is 1.90 bits per heavy atom. The molecule has 4 nitrogen and oxygen atoms in total. The number of hydrogen-bond donors (Lipinski definition) is 1. The van der Waals surface area contributed by atoms with Gasteiger partial charge in [-0.25, -0.2) is 0 Å². The van der Waals surface area contributed by atoms with Crippen LogP contribution in [-0.4, -0.2) is 36.3 Å². The Labute approximate surface area is 173 Å². The minimum atomic E-state index is -0.199. The number of amides is 2. The van der Waals surface area contributed by atoms with Crippen LogP contribution in [-0.2, 0) is 16.0 Å². The van der Waals surface area contributed by atoms with Gasteiger partial charge in [-0.2, -0.15) is 0 Å². The molecule has 1 aliphatic heterocycles. The summed E-state index contributed by atoms with van der Waals surface area (Å²) >= 11 is 0. The lowest BCUT2D eigenvalue weighted by Crippen LogP contribution is -2.40. The zero-order valence-electron chi connectivity index (χ0n) is 17.2. The predicted octanol–water partition coefficient (Wildman–Crippen LogP) is 3.97. The first-order valence-corrected chi connectivity index (χ1v) is 10.8. The molecular weight excluding hydrogens is 360 g/mol. The van der Waals surface area contributed by atoms with E-state index in [4.69, 9.17) is 0 Å². The summed E-state index contributed by atoms with van der Waals surface area (Å²) in [5.41, 5.74) is 4.78. The Kier molecular flexibility index (Phi) is 5.98. The van der Waals surface area contributed by atoms with Gasteiger partial charge in [-0.15, -0.1) is 0 Å². The normalized spacial score (nSPS) is 20.4. The first kappa shape index (κ1) is 19.7. The molecule has 1 atom stereocenters. The van der Waals surface area contributed by atoms with Crippen molar-refractivity contribution in [2.45, 2.75) is 39.0 Å². The van der Waals surface area contributed by atoms with Crippen LogP contribution in [0.15, 0.2) is 48.5 Å². The van der Waals surface area contributed by atoms with E-state index in [-0.39, 0.29) is 23.7 Å². The van der Waals surface area contributed by atoms with Gasteiger partial charge >= 0.3 is 0 Å². The number of hydrogen-bond acceptors (Lipinski definition) is 2. The SMILES string of the molecule is Cc1ccccc1-c1cccc(C[C@@H]2CN(C(=O)C3CCCC3)CCNC2=O)c1. The Balaban J connectivity index is 1.51. The highest BCUT2D eigenvalue weighted by atomic mass is 16.2. The van der Waals surface area contributed by atoms with Crippen molar-refractivity contribution >= 4 is 11.8 Å². The maximum atomic E-state index is 12.9. The first-order valence-electron chi connectivity index (χ1n) is 10.8. The van der Waals surface area contributed by atoms with E-state index in [0.29, 0.717) is 26.1 Å². The van der Waals surface area contributed by atoms with E-state index in [1.807, 2.05) is 4.90 Å². The van der Waals surface area contributed by atoms with Gasteiger partial charge in [0.05, 0.1) is 5.92 Å². The summed E-state index contributed by atoms with van der Waals surface area (Å²) in [7, 11) is 0. The number of rotatable bonds is 4. The molecule has 0 bridgehead atoms. The molecule has 0 aromatic heterocycles. The van der Waals surface area contributed by atoms with E-state index in [9.17, 15) is 9.59 Å². The minimum absolute atomic E-state index is 0.0630. The summed E-state index contributed by atoms with van der Waals surface area (Å²) in [4.78, 5) is 27.5. The lowest BCUT2D eigenvalue weighted by Gasteiger charge is -2.26. The Bertz CT molecular complexity index is 886. The third kappa shape index (κ3) is 4.52. The Hall–Kier alpha value is -2.62. The van der Waals surface area contributed by atoms with E-state index in [1.54, 1.807) is 0 Å². The van der Waals surface area contributed by atoms with Crippen molar-refractivity contribution in [1.29, 1.82) is 0 Å². The summed E-state index contributed by atoms with van der Waals surface area (Å²) < 4.78 is 0. The van der Waals surface area contributed by atoms with Crippen molar-refractivity contribution in [1.82, 2.24) is 10.2 Å². The molecule has 29 heavy (non-hydrogen) atoms. The van der Waals surface area contributed by atoms with Gasteiger partial charge in [0.2, 0.25) is 11.8 Å². The van der Waals surface area contributed by atoms with Crippen molar-refractivity contribution in [3.05, 3.63) is 59.7 Å². The zero-order chi connectivity index (χ0) is 20.2. The van der Waals surface area contributed by atoms with Crippen LogP contribution in [0, 0.1) is 18.8 Å². The second-order valence-corrected chi connectivity index (χ2v) is 8.47. The molecule has 0 spiro atoms. The minimum Gasteiger partial charge on any atom is -0.354 e. The molecular formula is C25H30N2O2. The average molecular weight is 391 g/mol. The average Bonchev–Trinajstić information content (AvgIpc) is 3.21. The van der Waals surface area contributed by atoms with Gasteiger partial charge in [0.15, 0.2) is 0 Å². The van der Waals surface area contributed by atoms with Gasteiger partial charge in [0.1, 0.15) is 0 Å². The van der Waals surface area contributed by atoms with Gasteiger partial charge in [-0.1, -0.05) is 61.4 Å². The fourth-order valence-corrected chi connectivity index (χ4v) is 4.73. The molecule has 4 rings (SSSR count). The summed E-state index contributed by atoms with van der Waals surface area (Å²) in [6.45, 7) is 3.82. The fourth-order valence-electron chi connectivity index (χ4n) is 4.73. The molecule has 1 N–H and O–H groups in total. The molecule has 152 valence electrons.